The Morgan fingerprint density at radius 1 is 1.14 bits per heavy atom. The summed E-state index contributed by atoms with van der Waals surface area (Å²) in [5.41, 5.74) is 0. The summed E-state index contributed by atoms with van der Waals surface area (Å²) in [6, 6.07) is 5.04. The third kappa shape index (κ3) is 4.37. The SMILES string of the molecule is NS(=O)(=O)c1cccc(S(=O)(=O)NCC2CC=CCC2)c1. The Hall–Kier alpha value is -1.22. The molecule has 0 saturated heterocycles. The minimum Gasteiger partial charge on any atom is -0.225 e. The molecule has 6 nitrogen and oxygen atoms in total. The predicted molar refractivity (Wildman–Crippen MR) is 79.5 cm³/mol. The molecule has 0 bridgehead atoms. The van der Waals surface area contributed by atoms with Crippen molar-refractivity contribution in [2.75, 3.05) is 6.54 Å². The highest BCUT2D eigenvalue weighted by Crippen LogP contribution is 2.19. The number of nitrogens with one attached hydrogen (secondary N) is 1. The summed E-state index contributed by atoms with van der Waals surface area (Å²) >= 11 is 0. The quantitative estimate of drug-likeness (QED) is 0.784. The molecule has 0 aliphatic heterocycles. The molecular formula is C13H18N2O4S2. The van der Waals surface area contributed by atoms with Gasteiger partial charge in [-0.2, -0.15) is 0 Å². The minimum absolute atomic E-state index is 0.0969. The molecule has 8 heteroatoms. The van der Waals surface area contributed by atoms with E-state index in [-0.39, 0.29) is 15.7 Å². The lowest BCUT2D eigenvalue weighted by molar-refractivity contribution is 0.468. The second-order valence-corrected chi connectivity index (χ2v) is 8.35. The molecule has 3 N–H and O–H groups in total. The maximum atomic E-state index is 12.2. The van der Waals surface area contributed by atoms with E-state index in [0.29, 0.717) is 6.54 Å². The van der Waals surface area contributed by atoms with E-state index in [1.54, 1.807) is 0 Å². The lowest BCUT2D eigenvalue weighted by Gasteiger charge is -2.18. The smallest absolute Gasteiger partial charge is 0.225 e. The van der Waals surface area contributed by atoms with Crippen LogP contribution in [-0.2, 0) is 20.0 Å². The van der Waals surface area contributed by atoms with Gasteiger partial charge in [-0.1, -0.05) is 18.2 Å². The van der Waals surface area contributed by atoms with Crippen molar-refractivity contribution in [1.29, 1.82) is 0 Å². The maximum absolute atomic E-state index is 12.2. The fraction of sp³-hybridized carbons (Fsp3) is 0.385. The van der Waals surface area contributed by atoms with E-state index in [2.05, 4.69) is 10.8 Å². The molecule has 0 heterocycles. The fourth-order valence-electron chi connectivity index (χ4n) is 2.17. The zero-order valence-electron chi connectivity index (χ0n) is 11.4. The number of primary sulfonamides is 1. The number of sulfonamides is 2. The van der Waals surface area contributed by atoms with Crippen LogP contribution in [0.5, 0.6) is 0 Å². The number of rotatable bonds is 5. The molecular weight excluding hydrogens is 312 g/mol. The number of hydrogen-bond donors (Lipinski definition) is 2. The third-order valence-electron chi connectivity index (χ3n) is 3.38. The van der Waals surface area contributed by atoms with E-state index >= 15 is 0 Å². The van der Waals surface area contributed by atoms with Gasteiger partial charge in [0.25, 0.3) is 0 Å². The summed E-state index contributed by atoms with van der Waals surface area (Å²) in [7, 11) is -7.66. The molecule has 0 spiro atoms. The fourth-order valence-corrected chi connectivity index (χ4v) is 3.97. The third-order valence-corrected chi connectivity index (χ3v) is 5.72. The van der Waals surface area contributed by atoms with Crippen LogP contribution in [0.4, 0.5) is 0 Å². The first-order valence-electron chi connectivity index (χ1n) is 6.56. The van der Waals surface area contributed by atoms with E-state index in [1.807, 2.05) is 6.08 Å². The summed E-state index contributed by atoms with van der Waals surface area (Å²) in [5.74, 6) is 0.270. The van der Waals surface area contributed by atoms with Gasteiger partial charge in [0.1, 0.15) is 0 Å². The molecule has 1 aromatic rings. The molecule has 0 saturated carbocycles. The number of hydrogen-bond acceptors (Lipinski definition) is 4. The molecule has 116 valence electrons. The van der Waals surface area contributed by atoms with E-state index in [9.17, 15) is 16.8 Å². The average Bonchev–Trinajstić information content (AvgIpc) is 2.46. The van der Waals surface area contributed by atoms with Crippen LogP contribution in [-0.4, -0.2) is 23.4 Å². The van der Waals surface area contributed by atoms with E-state index in [4.69, 9.17) is 5.14 Å². The maximum Gasteiger partial charge on any atom is 0.240 e. The van der Waals surface area contributed by atoms with Crippen molar-refractivity contribution in [1.82, 2.24) is 4.72 Å². The largest absolute Gasteiger partial charge is 0.240 e. The van der Waals surface area contributed by atoms with Crippen LogP contribution >= 0.6 is 0 Å². The monoisotopic (exact) mass is 330 g/mol. The first-order chi connectivity index (χ1) is 9.79. The van der Waals surface area contributed by atoms with Crippen LogP contribution in [0.3, 0.4) is 0 Å². The van der Waals surface area contributed by atoms with Crippen LogP contribution in [0.15, 0.2) is 46.2 Å². The van der Waals surface area contributed by atoms with Gasteiger partial charge in [0.2, 0.25) is 20.0 Å². The molecule has 1 atom stereocenters. The molecule has 21 heavy (non-hydrogen) atoms. The number of benzene rings is 1. The Kier molecular flexibility index (Phi) is 4.82. The van der Waals surface area contributed by atoms with Crippen LogP contribution in [0.2, 0.25) is 0 Å². The van der Waals surface area contributed by atoms with Gasteiger partial charge in [-0.25, -0.2) is 26.7 Å². The van der Waals surface area contributed by atoms with Gasteiger partial charge in [0.05, 0.1) is 9.79 Å². The highest BCUT2D eigenvalue weighted by atomic mass is 32.2. The molecule has 2 rings (SSSR count). The van der Waals surface area contributed by atoms with Gasteiger partial charge in [0.15, 0.2) is 0 Å². The molecule has 0 fully saturated rings. The van der Waals surface area contributed by atoms with Gasteiger partial charge in [-0.15, -0.1) is 0 Å². The van der Waals surface area contributed by atoms with Gasteiger partial charge < -0.3 is 0 Å². The van der Waals surface area contributed by atoms with Crippen LogP contribution in [0.1, 0.15) is 19.3 Å². The average molecular weight is 330 g/mol. The number of nitrogens with two attached hydrogens (primary N) is 1. The van der Waals surface area contributed by atoms with Crippen LogP contribution in [0.25, 0.3) is 0 Å². The van der Waals surface area contributed by atoms with Crippen molar-refractivity contribution in [3.8, 4) is 0 Å². The standard InChI is InChI=1S/C13H18N2O4S2/c14-20(16,17)12-7-4-8-13(9-12)21(18,19)15-10-11-5-2-1-3-6-11/h1-2,4,7-9,11,15H,3,5-6,10H2,(H2,14,16,17). The summed E-state index contributed by atoms with van der Waals surface area (Å²) < 4.78 is 49.4. The molecule has 1 aromatic carbocycles. The van der Waals surface area contributed by atoms with Crippen molar-refractivity contribution < 1.29 is 16.8 Å². The molecule has 0 aromatic heterocycles. The number of allylic oxidation sites excluding steroid dienone is 2. The lowest BCUT2D eigenvalue weighted by atomic mass is 9.95. The Bertz CT molecular complexity index is 739. The van der Waals surface area contributed by atoms with Crippen molar-refractivity contribution in [2.45, 2.75) is 29.1 Å². The first-order valence-corrected chi connectivity index (χ1v) is 9.59. The molecule has 1 unspecified atom stereocenters. The summed E-state index contributed by atoms with van der Waals surface area (Å²) in [6.07, 6.45) is 6.87. The molecule has 1 aliphatic rings. The van der Waals surface area contributed by atoms with Crippen LogP contribution < -0.4 is 9.86 Å². The molecule has 0 radical (unpaired) electrons. The minimum atomic E-state index is -3.92. The zero-order chi connectivity index (χ0) is 15.5. The second-order valence-electron chi connectivity index (χ2n) is 5.02. The topological polar surface area (TPSA) is 106 Å². The van der Waals surface area contributed by atoms with Crippen molar-refractivity contribution in [3.63, 3.8) is 0 Å². The second kappa shape index (κ2) is 6.27. The van der Waals surface area contributed by atoms with Gasteiger partial charge in [0, 0.05) is 6.54 Å². The van der Waals surface area contributed by atoms with Crippen molar-refractivity contribution >= 4 is 20.0 Å². The highest BCUT2D eigenvalue weighted by molar-refractivity contribution is 7.90. The predicted octanol–water partition coefficient (Wildman–Crippen LogP) is 0.969. The van der Waals surface area contributed by atoms with Crippen molar-refractivity contribution in [3.05, 3.63) is 36.4 Å². The Labute approximate surface area is 125 Å². The summed E-state index contributed by atoms with van der Waals surface area (Å²) in [6.45, 7) is 0.340. The Morgan fingerprint density at radius 2 is 1.86 bits per heavy atom. The summed E-state index contributed by atoms with van der Waals surface area (Å²) in [4.78, 5) is -0.314. The van der Waals surface area contributed by atoms with Gasteiger partial charge >= 0.3 is 0 Å². The lowest BCUT2D eigenvalue weighted by Crippen LogP contribution is -2.30. The van der Waals surface area contributed by atoms with Gasteiger partial charge in [-0.05, 0) is 43.4 Å². The van der Waals surface area contributed by atoms with Gasteiger partial charge in [-0.3, -0.25) is 0 Å². The van der Waals surface area contributed by atoms with Crippen molar-refractivity contribution in [2.24, 2.45) is 11.1 Å². The highest BCUT2D eigenvalue weighted by Gasteiger charge is 2.19. The van der Waals surface area contributed by atoms with E-state index in [1.165, 1.54) is 18.2 Å². The Balaban J connectivity index is 2.14. The first kappa shape index (κ1) is 16.2. The summed E-state index contributed by atoms with van der Waals surface area (Å²) in [5, 5.41) is 5.01. The van der Waals surface area contributed by atoms with E-state index in [0.717, 1.165) is 25.3 Å². The van der Waals surface area contributed by atoms with E-state index < -0.39 is 20.0 Å². The van der Waals surface area contributed by atoms with Crippen LogP contribution in [0, 0.1) is 5.92 Å². The Morgan fingerprint density at radius 3 is 2.48 bits per heavy atom. The molecule has 1 aliphatic carbocycles. The normalized spacial score (nSPS) is 19.6. The molecule has 0 amide bonds. The zero-order valence-corrected chi connectivity index (χ0v) is 13.0.